The standard InChI is InChI=1S/C29H28BrN7O5/c1-15(39)25-20-8-17(19-10-31-16(2)32-11-19)4-6-21(20)36(35-25)12-24(40)37-22(9-28(3)14-29(28,37)42)27(41)34-26-18(13-38)5-7-23(30)33-26/h4-8,10-11,22,38,42H,9,12-14H2,1-3H3,(H,33,34,41)/t22-,28-,29-/m0/s1. The third-order valence-electron chi connectivity index (χ3n) is 8.24. The highest BCUT2D eigenvalue weighted by atomic mass is 79.9. The van der Waals surface area contributed by atoms with Crippen LogP contribution in [-0.4, -0.2) is 69.2 Å². The number of carbonyl (C=O) groups excluding carboxylic acids is 3. The molecule has 1 saturated carbocycles. The smallest absolute Gasteiger partial charge is 0.248 e. The Balaban J connectivity index is 1.31. The van der Waals surface area contributed by atoms with Gasteiger partial charge in [-0.25, -0.2) is 15.0 Å². The number of likely N-dealkylation sites (tertiary alicyclic amines) is 1. The minimum atomic E-state index is -1.48. The molecule has 1 saturated heterocycles. The summed E-state index contributed by atoms with van der Waals surface area (Å²) in [5.74, 6) is -0.499. The van der Waals surface area contributed by atoms with Gasteiger partial charge < -0.3 is 20.4 Å². The average Bonchev–Trinajstić information content (AvgIpc) is 3.20. The van der Waals surface area contributed by atoms with Gasteiger partial charge in [-0.2, -0.15) is 5.10 Å². The van der Waals surface area contributed by atoms with Gasteiger partial charge in [-0.05, 0) is 53.0 Å². The lowest BCUT2D eigenvalue weighted by molar-refractivity contribution is -0.151. The molecule has 2 aliphatic rings. The number of ketones is 1. The summed E-state index contributed by atoms with van der Waals surface area (Å²) in [6.07, 6.45) is 3.99. The molecular formula is C29H28BrN7O5. The number of rotatable bonds is 7. The number of nitrogens with one attached hydrogen (secondary N) is 1. The van der Waals surface area contributed by atoms with Crippen LogP contribution in [0.15, 0.2) is 47.3 Å². The van der Waals surface area contributed by atoms with E-state index < -0.39 is 29.0 Å². The summed E-state index contributed by atoms with van der Waals surface area (Å²) >= 11 is 3.27. The topological polar surface area (TPSA) is 163 Å². The molecule has 4 aromatic rings. The molecule has 1 aliphatic heterocycles. The van der Waals surface area contributed by atoms with Crippen molar-refractivity contribution in [3.05, 3.63) is 64.4 Å². The maximum Gasteiger partial charge on any atom is 0.248 e. The van der Waals surface area contributed by atoms with Gasteiger partial charge in [0.15, 0.2) is 5.78 Å². The van der Waals surface area contributed by atoms with Gasteiger partial charge in [-0.15, -0.1) is 0 Å². The van der Waals surface area contributed by atoms with E-state index in [-0.39, 0.29) is 36.9 Å². The lowest BCUT2D eigenvalue weighted by Gasteiger charge is -2.30. The van der Waals surface area contributed by atoms with Gasteiger partial charge in [0, 0.05) is 47.7 Å². The number of halogens is 1. The fraction of sp³-hybridized carbons (Fsp3) is 0.345. The molecule has 3 atom stereocenters. The van der Waals surface area contributed by atoms with Crippen molar-refractivity contribution in [2.45, 2.75) is 58.5 Å². The fourth-order valence-electron chi connectivity index (χ4n) is 5.86. The lowest BCUT2D eigenvalue weighted by atomic mass is 10.0. The summed E-state index contributed by atoms with van der Waals surface area (Å²) in [7, 11) is 0. The van der Waals surface area contributed by atoms with Crippen LogP contribution in [-0.2, 0) is 22.7 Å². The Morgan fingerprint density at radius 1 is 1.14 bits per heavy atom. The molecule has 12 nitrogen and oxygen atoms in total. The summed E-state index contributed by atoms with van der Waals surface area (Å²) in [4.78, 5) is 53.8. The monoisotopic (exact) mass is 633 g/mol. The number of pyridine rings is 1. The van der Waals surface area contributed by atoms with Crippen molar-refractivity contribution < 1.29 is 24.6 Å². The molecule has 2 fully saturated rings. The zero-order chi connectivity index (χ0) is 30.0. The average molecular weight is 634 g/mol. The van der Waals surface area contributed by atoms with Crippen molar-refractivity contribution in [3.8, 4) is 11.1 Å². The summed E-state index contributed by atoms with van der Waals surface area (Å²) in [5, 5.41) is 28.9. The molecule has 216 valence electrons. The van der Waals surface area contributed by atoms with Crippen molar-refractivity contribution in [3.63, 3.8) is 0 Å². The number of fused-ring (bicyclic) bond motifs is 2. The molecule has 42 heavy (non-hydrogen) atoms. The summed E-state index contributed by atoms with van der Waals surface area (Å²) in [5.41, 5.74) is 0.606. The Kier molecular flexibility index (Phi) is 6.71. The number of hydrogen-bond donors (Lipinski definition) is 3. The van der Waals surface area contributed by atoms with Crippen LogP contribution in [0.3, 0.4) is 0 Å². The molecule has 0 unspecified atom stereocenters. The number of anilines is 1. The Labute approximate surface area is 248 Å². The van der Waals surface area contributed by atoms with Gasteiger partial charge in [-0.1, -0.05) is 19.1 Å². The van der Waals surface area contributed by atoms with Gasteiger partial charge in [0.1, 0.15) is 40.3 Å². The van der Waals surface area contributed by atoms with Crippen LogP contribution in [0.5, 0.6) is 0 Å². The number of nitrogens with zero attached hydrogens (tertiary/aromatic N) is 6. The molecule has 1 aliphatic carbocycles. The van der Waals surface area contributed by atoms with Crippen LogP contribution >= 0.6 is 15.9 Å². The molecule has 0 radical (unpaired) electrons. The highest BCUT2D eigenvalue weighted by Gasteiger charge is 2.75. The Hall–Kier alpha value is -4.07. The fourth-order valence-corrected chi connectivity index (χ4v) is 6.17. The van der Waals surface area contributed by atoms with Gasteiger partial charge in [0.05, 0.1) is 12.1 Å². The van der Waals surface area contributed by atoms with E-state index in [1.807, 2.05) is 19.1 Å². The van der Waals surface area contributed by atoms with Gasteiger partial charge in [-0.3, -0.25) is 19.1 Å². The van der Waals surface area contributed by atoms with Crippen molar-refractivity contribution >= 4 is 50.2 Å². The number of carbonyl (C=O) groups is 3. The number of aromatic nitrogens is 5. The van der Waals surface area contributed by atoms with Crippen LogP contribution in [0.4, 0.5) is 5.82 Å². The van der Waals surface area contributed by atoms with Crippen LogP contribution in [0.25, 0.3) is 22.0 Å². The second kappa shape index (κ2) is 10.0. The number of hydrogen-bond acceptors (Lipinski definition) is 9. The highest BCUT2D eigenvalue weighted by Crippen LogP contribution is 2.66. The van der Waals surface area contributed by atoms with E-state index in [2.05, 4.69) is 41.3 Å². The molecule has 13 heteroatoms. The van der Waals surface area contributed by atoms with E-state index in [1.54, 1.807) is 37.5 Å². The zero-order valence-electron chi connectivity index (χ0n) is 23.1. The predicted molar refractivity (Wildman–Crippen MR) is 155 cm³/mol. The van der Waals surface area contributed by atoms with Gasteiger partial charge in [0.2, 0.25) is 11.8 Å². The highest BCUT2D eigenvalue weighted by molar-refractivity contribution is 9.10. The number of benzene rings is 1. The van der Waals surface area contributed by atoms with Crippen LogP contribution in [0.2, 0.25) is 0 Å². The molecule has 6 rings (SSSR count). The molecule has 3 aromatic heterocycles. The maximum absolute atomic E-state index is 13.8. The number of piperidine rings is 1. The van der Waals surface area contributed by atoms with E-state index in [9.17, 15) is 24.6 Å². The van der Waals surface area contributed by atoms with Gasteiger partial charge in [0.25, 0.3) is 0 Å². The molecule has 0 spiro atoms. The second-order valence-electron chi connectivity index (χ2n) is 11.1. The minimum Gasteiger partial charge on any atom is -0.392 e. The Morgan fingerprint density at radius 3 is 2.57 bits per heavy atom. The van der Waals surface area contributed by atoms with E-state index >= 15 is 0 Å². The summed E-state index contributed by atoms with van der Waals surface area (Å²) in [6, 6.07) is 7.72. The second-order valence-corrected chi connectivity index (χ2v) is 12.0. The van der Waals surface area contributed by atoms with Crippen molar-refractivity contribution in [2.24, 2.45) is 5.41 Å². The van der Waals surface area contributed by atoms with E-state index in [1.165, 1.54) is 16.5 Å². The predicted octanol–water partition coefficient (Wildman–Crippen LogP) is 2.99. The molecule has 0 bridgehead atoms. The largest absolute Gasteiger partial charge is 0.392 e. The van der Waals surface area contributed by atoms with Crippen molar-refractivity contribution in [2.75, 3.05) is 5.32 Å². The lowest BCUT2D eigenvalue weighted by Crippen LogP contribution is -2.51. The van der Waals surface area contributed by atoms with Crippen LogP contribution in [0, 0.1) is 12.3 Å². The van der Waals surface area contributed by atoms with Crippen molar-refractivity contribution in [1.29, 1.82) is 0 Å². The Bertz CT molecular complexity index is 1770. The normalized spacial score (nSPS) is 22.7. The number of aliphatic hydroxyl groups excluding tert-OH is 1. The first-order valence-corrected chi connectivity index (χ1v) is 14.2. The molecule has 1 aromatic carbocycles. The van der Waals surface area contributed by atoms with E-state index in [0.717, 1.165) is 11.1 Å². The first-order valence-electron chi connectivity index (χ1n) is 13.4. The third-order valence-corrected chi connectivity index (χ3v) is 8.69. The molecule has 3 N–H and O–H groups in total. The number of aliphatic hydroxyl groups is 2. The van der Waals surface area contributed by atoms with Gasteiger partial charge >= 0.3 is 0 Å². The molecular weight excluding hydrogens is 606 g/mol. The maximum atomic E-state index is 13.8. The van der Waals surface area contributed by atoms with Crippen LogP contribution in [0.1, 0.15) is 48.6 Å². The number of aryl methyl sites for hydroxylation is 1. The third kappa shape index (κ3) is 4.57. The van der Waals surface area contributed by atoms with E-state index in [0.29, 0.717) is 33.3 Å². The first-order chi connectivity index (χ1) is 19.9. The Morgan fingerprint density at radius 2 is 1.88 bits per heavy atom. The minimum absolute atomic E-state index is 0.168. The summed E-state index contributed by atoms with van der Waals surface area (Å²) in [6.45, 7) is 4.40. The van der Waals surface area contributed by atoms with Crippen molar-refractivity contribution in [1.82, 2.24) is 29.6 Å². The molecule has 4 heterocycles. The van der Waals surface area contributed by atoms with Crippen LogP contribution < -0.4 is 5.32 Å². The first kappa shape index (κ1) is 28.1. The quantitative estimate of drug-likeness (QED) is 0.205. The number of amides is 2. The van der Waals surface area contributed by atoms with E-state index in [4.69, 9.17) is 0 Å². The number of Topliss-reactive ketones (excluding diaryl/α,β-unsaturated/α-hetero) is 1. The SMILES string of the molecule is CC(=O)c1nn(CC(=O)N2[C@H](C(=O)Nc3nc(Br)ccc3CO)C[C@@]3(C)C[C@@]23O)c2ccc(-c3cnc(C)nc3)cc12. The zero-order valence-corrected chi connectivity index (χ0v) is 24.7. The molecule has 2 amide bonds. The summed E-state index contributed by atoms with van der Waals surface area (Å²) < 4.78 is 1.90.